The minimum absolute atomic E-state index is 0.0677. The molecule has 0 radical (unpaired) electrons. The number of carbonyl (C=O) groups is 1. The number of rotatable bonds is 4. The highest BCUT2D eigenvalue weighted by atomic mass is 79.9. The number of hydrogen-bond donors (Lipinski definition) is 1. The molecular weight excluding hydrogens is 298 g/mol. The summed E-state index contributed by atoms with van der Waals surface area (Å²) in [6.07, 6.45) is 3.56. The Hall–Kier alpha value is -0.190. The maximum atomic E-state index is 12.5. The molecule has 1 aromatic heterocycles. The fraction of sp³-hybridized carbons (Fsp3) is 0.615. The van der Waals surface area contributed by atoms with Crippen molar-refractivity contribution in [1.29, 1.82) is 0 Å². The smallest absolute Gasteiger partial charge is 0.144 e. The number of piperidine rings is 1. The first kappa shape index (κ1) is 13.2. The molecule has 17 heavy (non-hydrogen) atoms. The molecule has 1 fully saturated rings. The molecule has 1 aliphatic rings. The largest absolute Gasteiger partial charge is 0.317 e. The van der Waals surface area contributed by atoms with Gasteiger partial charge in [0.05, 0.1) is 0 Å². The monoisotopic (exact) mass is 315 g/mol. The molecule has 1 aliphatic heterocycles. The summed E-state index contributed by atoms with van der Waals surface area (Å²) in [6, 6.07) is 2.06. The van der Waals surface area contributed by atoms with Gasteiger partial charge in [0, 0.05) is 26.6 Å². The molecule has 0 aliphatic carbocycles. The van der Waals surface area contributed by atoms with E-state index >= 15 is 0 Å². The van der Waals surface area contributed by atoms with Gasteiger partial charge in [0.15, 0.2) is 0 Å². The first-order valence-corrected chi connectivity index (χ1v) is 7.80. The second kappa shape index (κ2) is 5.63. The van der Waals surface area contributed by atoms with Gasteiger partial charge in [-0.3, -0.25) is 4.79 Å². The van der Waals surface area contributed by atoms with Gasteiger partial charge >= 0.3 is 0 Å². The van der Waals surface area contributed by atoms with Gasteiger partial charge in [0.2, 0.25) is 0 Å². The van der Waals surface area contributed by atoms with Crippen molar-refractivity contribution in [2.24, 2.45) is 5.41 Å². The van der Waals surface area contributed by atoms with Gasteiger partial charge < -0.3 is 5.32 Å². The van der Waals surface area contributed by atoms with E-state index in [1.54, 1.807) is 11.3 Å². The summed E-state index contributed by atoms with van der Waals surface area (Å²) in [5.74, 6) is 0.427. The van der Waals surface area contributed by atoms with Crippen molar-refractivity contribution < 1.29 is 4.79 Å². The highest BCUT2D eigenvalue weighted by molar-refractivity contribution is 9.10. The van der Waals surface area contributed by atoms with Crippen molar-refractivity contribution in [3.63, 3.8) is 0 Å². The van der Waals surface area contributed by atoms with Crippen LogP contribution in [0.4, 0.5) is 0 Å². The van der Waals surface area contributed by atoms with Crippen molar-refractivity contribution in [3.8, 4) is 0 Å². The van der Waals surface area contributed by atoms with Crippen molar-refractivity contribution in [3.05, 3.63) is 20.8 Å². The lowest BCUT2D eigenvalue weighted by molar-refractivity contribution is -0.129. The Morgan fingerprint density at radius 1 is 1.53 bits per heavy atom. The molecule has 1 saturated heterocycles. The van der Waals surface area contributed by atoms with Crippen LogP contribution in [0.2, 0.25) is 0 Å². The second-order valence-electron chi connectivity index (χ2n) is 4.72. The maximum absolute atomic E-state index is 12.5. The van der Waals surface area contributed by atoms with Crippen molar-refractivity contribution >= 4 is 33.0 Å². The van der Waals surface area contributed by atoms with E-state index in [2.05, 4.69) is 34.2 Å². The quantitative estimate of drug-likeness (QED) is 0.922. The van der Waals surface area contributed by atoms with E-state index < -0.39 is 0 Å². The molecule has 0 amide bonds. The maximum Gasteiger partial charge on any atom is 0.144 e. The predicted octanol–water partition coefficient (Wildman–Crippen LogP) is 3.40. The van der Waals surface area contributed by atoms with Crippen LogP contribution in [0.15, 0.2) is 15.9 Å². The topological polar surface area (TPSA) is 29.1 Å². The normalized spacial score (nSPS) is 19.2. The molecule has 2 rings (SSSR count). The molecule has 0 atom stereocenters. The lowest BCUT2D eigenvalue weighted by Crippen LogP contribution is -2.42. The predicted molar refractivity (Wildman–Crippen MR) is 75.6 cm³/mol. The third kappa shape index (κ3) is 2.98. The average Bonchev–Trinajstić information content (AvgIpc) is 2.75. The number of halogens is 1. The minimum Gasteiger partial charge on any atom is -0.317 e. The first-order chi connectivity index (χ1) is 8.16. The number of hydrogen-bond acceptors (Lipinski definition) is 3. The molecule has 0 bridgehead atoms. The number of carbonyl (C=O) groups excluding carboxylic acids is 1. The van der Waals surface area contributed by atoms with Gasteiger partial charge in [-0.2, -0.15) is 0 Å². The lowest BCUT2D eigenvalue weighted by Gasteiger charge is -2.35. The van der Waals surface area contributed by atoms with Crippen LogP contribution in [0.5, 0.6) is 0 Å². The molecule has 0 aromatic carbocycles. The van der Waals surface area contributed by atoms with Gasteiger partial charge in [0.1, 0.15) is 5.78 Å². The van der Waals surface area contributed by atoms with Crippen LogP contribution in [0.1, 0.15) is 31.1 Å². The van der Waals surface area contributed by atoms with Crippen LogP contribution in [0.3, 0.4) is 0 Å². The minimum atomic E-state index is -0.0677. The van der Waals surface area contributed by atoms with Gasteiger partial charge in [-0.05, 0) is 54.3 Å². The molecule has 0 unspecified atom stereocenters. The van der Waals surface area contributed by atoms with E-state index in [1.165, 1.54) is 4.88 Å². The Labute approximate surface area is 115 Å². The zero-order valence-electron chi connectivity index (χ0n) is 10.1. The summed E-state index contributed by atoms with van der Waals surface area (Å²) in [7, 11) is 0. The Kier molecular flexibility index (Phi) is 4.39. The molecule has 0 spiro atoms. The van der Waals surface area contributed by atoms with E-state index in [0.717, 1.165) is 36.8 Å². The summed E-state index contributed by atoms with van der Waals surface area (Å²) in [5.41, 5.74) is -0.0677. The molecule has 94 valence electrons. The van der Waals surface area contributed by atoms with Crippen LogP contribution in [-0.4, -0.2) is 18.9 Å². The second-order valence-corrected chi connectivity index (χ2v) is 6.63. The molecule has 2 heterocycles. The van der Waals surface area contributed by atoms with Gasteiger partial charge in [0.25, 0.3) is 0 Å². The molecule has 2 nitrogen and oxygen atoms in total. The van der Waals surface area contributed by atoms with E-state index in [0.29, 0.717) is 12.2 Å². The zero-order valence-corrected chi connectivity index (χ0v) is 12.5. The van der Waals surface area contributed by atoms with E-state index in [1.807, 2.05) is 5.38 Å². The van der Waals surface area contributed by atoms with Crippen molar-refractivity contribution in [2.45, 2.75) is 32.6 Å². The van der Waals surface area contributed by atoms with Crippen LogP contribution >= 0.6 is 27.3 Å². The zero-order chi connectivity index (χ0) is 12.3. The van der Waals surface area contributed by atoms with Gasteiger partial charge in [-0.25, -0.2) is 0 Å². The summed E-state index contributed by atoms with van der Waals surface area (Å²) >= 11 is 5.11. The van der Waals surface area contributed by atoms with Gasteiger partial charge in [-0.15, -0.1) is 11.3 Å². The Bertz CT molecular complexity index is 396. The fourth-order valence-corrected chi connectivity index (χ4v) is 3.98. The Morgan fingerprint density at radius 2 is 2.24 bits per heavy atom. The van der Waals surface area contributed by atoms with Gasteiger partial charge in [-0.1, -0.05) is 6.92 Å². The number of Topliss-reactive ketones (excluding diaryl/α,β-unsaturated/α-hetero) is 1. The van der Waals surface area contributed by atoms with Crippen molar-refractivity contribution in [2.75, 3.05) is 13.1 Å². The molecule has 1 N–H and O–H groups in total. The highest BCUT2D eigenvalue weighted by Crippen LogP contribution is 2.35. The number of ketones is 1. The summed E-state index contributed by atoms with van der Waals surface area (Å²) in [6.45, 7) is 4.11. The molecule has 1 aromatic rings. The Morgan fingerprint density at radius 3 is 2.76 bits per heavy atom. The third-order valence-corrected chi connectivity index (χ3v) is 5.48. The molecule has 4 heteroatoms. The summed E-state index contributed by atoms with van der Waals surface area (Å²) < 4.78 is 1.08. The third-order valence-electron chi connectivity index (χ3n) is 3.79. The van der Waals surface area contributed by atoms with Crippen LogP contribution in [0.25, 0.3) is 0 Å². The van der Waals surface area contributed by atoms with Crippen LogP contribution in [0, 0.1) is 5.41 Å². The standard InChI is InChI=1S/C13H18BrNOS/c1-2-13(3-5-15-6-4-13)12(16)8-11-7-10(14)9-17-11/h7,9,15H,2-6,8H2,1H3. The summed E-state index contributed by atoms with van der Waals surface area (Å²) in [4.78, 5) is 13.7. The highest BCUT2D eigenvalue weighted by Gasteiger charge is 2.37. The first-order valence-electron chi connectivity index (χ1n) is 6.13. The lowest BCUT2D eigenvalue weighted by atomic mass is 9.72. The van der Waals surface area contributed by atoms with Crippen LogP contribution in [-0.2, 0) is 11.2 Å². The molecule has 0 saturated carbocycles. The summed E-state index contributed by atoms with van der Waals surface area (Å²) in [5, 5.41) is 5.38. The van der Waals surface area contributed by atoms with Crippen molar-refractivity contribution in [1.82, 2.24) is 5.32 Å². The van der Waals surface area contributed by atoms with E-state index in [4.69, 9.17) is 0 Å². The number of nitrogens with one attached hydrogen (secondary N) is 1. The Balaban J connectivity index is 2.07. The van der Waals surface area contributed by atoms with E-state index in [-0.39, 0.29) is 5.41 Å². The molecular formula is C13H18BrNOS. The average molecular weight is 316 g/mol. The number of thiophene rings is 1. The SMILES string of the molecule is CCC1(C(=O)Cc2cc(Br)cs2)CCNCC1. The van der Waals surface area contributed by atoms with E-state index in [9.17, 15) is 4.79 Å². The fourth-order valence-electron chi connectivity index (χ4n) is 2.53. The van der Waals surface area contributed by atoms with Crippen LogP contribution < -0.4 is 5.32 Å².